The molecule has 0 amide bonds. The van der Waals surface area contributed by atoms with Crippen LogP contribution in [-0.4, -0.2) is 21.5 Å². The first-order chi connectivity index (χ1) is 11.5. The lowest BCUT2D eigenvalue weighted by atomic mass is 10.0. The van der Waals surface area contributed by atoms with Gasteiger partial charge in [0.2, 0.25) is 0 Å². The first-order valence-corrected chi connectivity index (χ1v) is 9.01. The highest BCUT2D eigenvalue weighted by Gasteiger charge is 2.40. The van der Waals surface area contributed by atoms with Gasteiger partial charge in [0.15, 0.2) is 0 Å². The minimum Gasteiger partial charge on any atom is -0.394 e. The number of hydrogen-bond acceptors (Lipinski definition) is 3. The molecule has 0 saturated heterocycles. The fourth-order valence-corrected chi connectivity index (χ4v) is 3.64. The second-order valence-electron chi connectivity index (χ2n) is 6.88. The first kappa shape index (κ1) is 17.5. The molecule has 2 aromatic rings. The maximum absolute atomic E-state index is 9.16. The van der Waals surface area contributed by atoms with E-state index in [0.29, 0.717) is 18.5 Å². The number of nitrogens with one attached hydrogen (secondary N) is 1. The Labute approximate surface area is 148 Å². The van der Waals surface area contributed by atoms with E-state index in [-0.39, 0.29) is 6.61 Å². The Hall–Kier alpha value is -1.36. The molecule has 1 aliphatic rings. The summed E-state index contributed by atoms with van der Waals surface area (Å²) < 4.78 is 1.89. The van der Waals surface area contributed by atoms with Gasteiger partial charge < -0.3 is 10.4 Å². The second kappa shape index (κ2) is 7.26. The molecule has 3 rings (SSSR count). The van der Waals surface area contributed by atoms with E-state index in [1.54, 1.807) is 0 Å². The van der Waals surface area contributed by atoms with Crippen LogP contribution >= 0.6 is 11.6 Å². The van der Waals surface area contributed by atoms with Gasteiger partial charge in [-0.05, 0) is 49.8 Å². The Bertz CT molecular complexity index is 695. The van der Waals surface area contributed by atoms with Crippen molar-refractivity contribution in [2.45, 2.75) is 46.3 Å². The zero-order valence-corrected chi connectivity index (χ0v) is 15.3. The van der Waals surface area contributed by atoms with Crippen molar-refractivity contribution in [1.82, 2.24) is 15.1 Å². The number of benzene rings is 1. The topological polar surface area (TPSA) is 50.1 Å². The van der Waals surface area contributed by atoms with Crippen LogP contribution in [0, 0.1) is 25.7 Å². The van der Waals surface area contributed by atoms with Crippen LogP contribution in [-0.2, 0) is 13.1 Å². The summed E-state index contributed by atoms with van der Waals surface area (Å²) in [5.41, 5.74) is 4.70. The second-order valence-corrected chi connectivity index (χ2v) is 7.32. The van der Waals surface area contributed by atoms with Crippen LogP contribution in [0.4, 0.5) is 0 Å². The highest BCUT2D eigenvalue weighted by atomic mass is 35.5. The molecule has 1 heterocycles. The van der Waals surface area contributed by atoms with Crippen LogP contribution in [0.1, 0.15) is 41.9 Å². The fraction of sp³-hybridized carbons (Fsp3) is 0.526. The third kappa shape index (κ3) is 3.66. The average molecular weight is 348 g/mol. The van der Waals surface area contributed by atoms with Crippen LogP contribution in [0.2, 0.25) is 5.02 Å². The van der Waals surface area contributed by atoms with Gasteiger partial charge in [0.25, 0.3) is 0 Å². The quantitative estimate of drug-likeness (QED) is 0.804. The highest BCUT2D eigenvalue weighted by molar-refractivity contribution is 6.30. The Morgan fingerprint density at radius 2 is 2.00 bits per heavy atom. The maximum atomic E-state index is 9.16. The van der Waals surface area contributed by atoms with Crippen molar-refractivity contribution in [3.8, 4) is 0 Å². The number of aliphatic hydroxyl groups excluding tert-OH is 1. The Kier molecular flexibility index (Phi) is 5.28. The van der Waals surface area contributed by atoms with Gasteiger partial charge in [-0.1, -0.05) is 30.7 Å². The molecule has 1 aromatic heterocycles. The molecule has 1 saturated carbocycles. The molecule has 0 radical (unpaired) electrons. The normalized spacial score (nSPS) is 21.0. The van der Waals surface area contributed by atoms with E-state index in [1.807, 2.05) is 23.7 Å². The van der Waals surface area contributed by atoms with Crippen molar-refractivity contribution in [3.63, 3.8) is 0 Å². The molecule has 0 spiro atoms. The molecule has 2 N–H and O–H groups in total. The Morgan fingerprint density at radius 1 is 1.33 bits per heavy atom. The minimum absolute atomic E-state index is 0.113. The van der Waals surface area contributed by atoms with E-state index < -0.39 is 0 Å². The highest BCUT2D eigenvalue weighted by Crippen LogP contribution is 2.47. The van der Waals surface area contributed by atoms with Gasteiger partial charge >= 0.3 is 0 Å². The molecule has 1 aliphatic carbocycles. The van der Waals surface area contributed by atoms with Crippen LogP contribution in [0.15, 0.2) is 24.3 Å². The SMILES string of the molecule is Cc1nn(CCO)c(C)c1CNC(c1ccc(Cl)cc1)C1CC1C. The Morgan fingerprint density at radius 3 is 2.58 bits per heavy atom. The van der Waals surface area contributed by atoms with E-state index in [9.17, 15) is 0 Å². The van der Waals surface area contributed by atoms with Crippen molar-refractivity contribution in [2.75, 3.05) is 6.61 Å². The van der Waals surface area contributed by atoms with Crippen molar-refractivity contribution >= 4 is 11.6 Å². The summed E-state index contributed by atoms with van der Waals surface area (Å²) in [6, 6.07) is 8.53. The number of aromatic nitrogens is 2. The molecule has 3 unspecified atom stereocenters. The van der Waals surface area contributed by atoms with Gasteiger partial charge in [-0.2, -0.15) is 5.10 Å². The summed E-state index contributed by atoms with van der Waals surface area (Å²) in [4.78, 5) is 0. The number of rotatable bonds is 7. The fourth-order valence-electron chi connectivity index (χ4n) is 3.52. The molecular formula is C19H26ClN3O. The zero-order valence-electron chi connectivity index (χ0n) is 14.6. The monoisotopic (exact) mass is 347 g/mol. The lowest BCUT2D eigenvalue weighted by molar-refractivity contribution is 0.267. The number of halogens is 1. The molecule has 0 aliphatic heterocycles. The van der Waals surface area contributed by atoms with Crippen LogP contribution in [0.25, 0.3) is 0 Å². The van der Waals surface area contributed by atoms with Crippen molar-refractivity contribution in [2.24, 2.45) is 11.8 Å². The number of hydrogen-bond donors (Lipinski definition) is 2. The smallest absolute Gasteiger partial charge is 0.0644 e. The van der Waals surface area contributed by atoms with Crippen molar-refractivity contribution in [1.29, 1.82) is 0 Å². The van der Waals surface area contributed by atoms with Crippen LogP contribution < -0.4 is 5.32 Å². The van der Waals surface area contributed by atoms with Gasteiger partial charge in [-0.3, -0.25) is 4.68 Å². The first-order valence-electron chi connectivity index (χ1n) is 8.63. The Balaban J connectivity index is 1.76. The molecule has 1 aromatic carbocycles. The van der Waals surface area contributed by atoms with Gasteiger partial charge in [-0.15, -0.1) is 0 Å². The largest absolute Gasteiger partial charge is 0.394 e. The molecule has 1 fully saturated rings. The molecule has 130 valence electrons. The standard InChI is InChI=1S/C19H26ClN3O/c1-12-10-17(12)19(15-4-6-16(20)7-5-15)21-11-18-13(2)22-23(8-9-24)14(18)3/h4-7,12,17,19,21,24H,8-11H2,1-3H3. The van der Waals surface area contributed by atoms with Gasteiger partial charge in [0.1, 0.15) is 0 Å². The summed E-state index contributed by atoms with van der Waals surface area (Å²) in [5.74, 6) is 1.44. The number of aliphatic hydroxyl groups is 1. The third-order valence-electron chi connectivity index (χ3n) is 5.17. The minimum atomic E-state index is 0.113. The lowest BCUT2D eigenvalue weighted by Crippen LogP contribution is -2.24. The van der Waals surface area contributed by atoms with Crippen LogP contribution in [0.3, 0.4) is 0 Å². The predicted octanol–water partition coefficient (Wildman–Crippen LogP) is 3.63. The van der Waals surface area contributed by atoms with E-state index in [4.69, 9.17) is 16.7 Å². The van der Waals surface area contributed by atoms with E-state index in [0.717, 1.165) is 28.9 Å². The molecule has 5 heteroatoms. The van der Waals surface area contributed by atoms with Gasteiger partial charge in [-0.25, -0.2) is 0 Å². The number of nitrogens with zero attached hydrogens (tertiary/aromatic N) is 2. The lowest BCUT2D eigenvalue weighted by Gasteiger charge is -2.20. The van der Waals surface area contributed by atoms with Crippen LogP contribution in [0.5, 0.6) is 0 Å². The molecule has 24 heavy (non-hydrogen) atoms. The van der Waals surface area contributed by atoms with E-state index in [1.165, 1.54) is 17.5 Å². The predicted molar refractivity (Wildman–Crippen MR) is 97.1 cm³/mol. The summed E-state index contributed by atoms with van der Waals surface area (Å²) >= 11 is 6.04. The molecule has 3 atom stereocenters. The molecule has 0 bridgehead atoms. The van der Waals surface area contributed by atoms with Gasteiger partial charge in [0.05, 0.1) is 18.8 Å². The third-order valence-corrected chi connectivity index (χ3v) is 5.42. The summed E-state index contributed by atoms with van der Waals surface area (Å²) in [6.07, 6.45) is 1.27. The summed E-state index contributed by atoms with van der Waals surface area (Å²) in [6.45, 7) is 7.87. The zero-order chi connectivity index (χ0) is 17.3. The van der Waals surface area contributed by atoms with Gasteiger partial charge in [0, 0.05) is 28.9 Å². The van der Waals surface area contributed by atoms with Crippen molar-refractivity contribution in [3.05, 3.63) is 51.8 Å². The molecule has 4 nitrogen and oxygen atoms in total. The van der Waals surface area contributed by atoms with E-state index >= 15 is 0 Å². The summed E-state index contributed by atoms with van der Waals surface area (Å²) in [7, 11) is 0. The summed E-state index contributed by atoms with van der Waals surface area (Å²) in [5, 5.41) is 18.2. The average Bonchev–Trinajstić information content (AvgIpc) is 3.21. The van der Waals surface area contributed by atoms with Crippen molar-refractivity contribution < 1.29 is 5.11 Å². The maximum Gasteiger partial charge on any atom is 0.0644 e. The molecular weight excluding hydrogens is 322 g/mol. The van der Waals surface area contributed by atoms with E-state index in [2.05, 4.69) is 36.4 Å². The number of aryl methyl sites for hydroxylation is 1.